The van der Waals surface area contributed by atoms with Crippen LogP contribution in [0.1, 0.15) is 15.9 Å². The van der Waals surface area contributed by atoms with Crippen LogP contribution in [0.5, 0.6) is 0 Å². The third-order valence-electron chi connectivity index (χ3n) is 3.12. The molecule has 0 saturated heterocycles. The van der Waals surface area contributed by atoms with E-state index in [-0.39, 0.29) is 11.0 Å². The molecule has 128 valence electrons. The van der Waals surface area contributed by atoms with Gasteiger partial charge in [-0.3, -0.25) is 10.1 Å². The second-order valence-corrected chi connectivity index (χ2v) is 5.68. The minimum atomic E-state index is -0.424. The molecule has 0 aliphatic heterocycles. The highest BCUT2D eigenvalue weighted by Crippen LogP contribution is 2.16. The van der Waals surface area contributed by atoms with Gasteiger partial charge in [-0.05, 0) is 54.2 Å². The van der Waals surface area contributed by atoms with Crippen LogP contribution in [0.3, 0.4) is 0 Å². The average Bonchev–Trinajstić information content (AvgIpc) is 2.61. The molecule has 0 fully saturated rings. The van der Waals surface area contributed by atoms with E-state index >= 15 is 0 Å². The molecule has 1 amide bonds. The normalized spacial score (nSPS) is 10.3. The van der Waals surface area contributed by atoms with Gasteiger partial charge < -0.3 is 10.1 Å². The van der Waals surface area contributed by atoms with Gasteiger partial charge in [0.2, 0.25) is 5.91 Å². The number of hydrogen-bond donors (Lipinski definition) is 2. The van der Waals surface area contributed by atoms with Gasteiger partial charge in [-0.15, -0.1) is 0 Å². The van der Waals surface area contributed by atoms with E-state index in [1.807, 2.05) is 12.1 Å². The average molecular weight is 375 g/mol. The summed E-state index contributed by atoms with van der Waals surface area (Å²) in [5.74, 6) is -0.810. The fourth-order valence-corrected chi connectivity index (χ4v) is 2.32. The maximum absolute atomic E-state index is 11.9. The molecule has 2 N–H and O–H groups in total. The van der Waals surface area contributed by atoms with E-state index in [9.17, 15) is 9.59 Å². The van der Waals surface area contributed by atoms with Crippen LogP contribution in [-0.2, 0) is 9.53 Å². The van der Waals surface area contributed by atoms with Crippen LogP contribution in [0.15, 0.2) is 54.6 Å². The van der Waals surface area contributed by atoms with Crippen molar-refractivity contribution in [2.45, 2.75) is 0 Å². The molecule has 0 unspecified atom stereocenters. The summed E-state index contributed by atoms with van der Waals surface area (Å²) in [5, 5.41) is 6.07. The van der Waals surface area contributed by atoms with Crippen LogP contribution < -0.4 is 10.6 Å². The number of nitrogens with one attached hydrogen (secondary N) is 2. The Morgan fingerprint density at radius 3 is 2.44 bits per heavy atom. The molecule has 5 nitrogen and oxygen atoms in total. The largest absolute Gasteiger partial charge is 0.465 e. The van der Waals surface area contributed by atoms with E-state index < -0.39 is 5.97 Å². The van der Waals surface area contributed by atoms with Crippen molar-refractivity contribution in [3.63, 3.8) is 0 Å². The Kier molecular flexibility index (Phi) is 6.68. The first-order valence-electron chi connectivity index (χ1n) is 7.22. The summed E-state index contributed by atoms with van der Waals surface area (Å²) in [4.78, 5) is 23.2. The molecule has 2 aromatic rings. The van der Waals surface area contributed by atoms with Crippen molar-refractivity contribution in [1.82, 2.24) is 5.32 Å². The Morgan fingerprint density at radius 2 is 1.80 bits per heavy atom. The van der Waals surface area contributed by atoms with Crippen molar-refractivity contribution < 1.29 is 14.3 Å². The summed E-state index contributed by atoms with van der Waals surface area (Å²) in [6.07, 6.45) is 2.95. The first-order chi connectivity index (χ1) is 12.0. The van der Waals surface area contributed by atoms with Gasteiger partial charge in [0.05, 0.1) is 12.7 Å². The molecule has 0 radical (unpaired) electrons. The number of amides is 1. The fourth-order valence-electron chi connectivity index (χ4n) is 1.90. The Balaban J connectivity index is 1.90. The lowest BCUT2D eigenvalue weighted by Gasteiger charge is -2.08. The van der Waals surface area contributed by atoms with Gasteiger partial charge in [0.1, 0.15) is 0 Å². The Bertz CT molecular complexity index is 819. The zero-order valence-electron chi connectivity index (χ0n) is 13.3. The molecule has 0 aliphatic rings. The molecular formula is C18H15ClN2O3S. The van der Waals surface area contributed by atoms with E-state index in [2.05, 4.69) is 15.4 Å². The smallest absolute Gasteiger partial charge is 0.337 e. The second-order valence-electron chi connectivity index (χ2n) is 4.87. The number of halogens is 1. The predicted octanol–water partition coefficient (Wildman–Crippen LogP) is 3.65. The van der Waals surface area contributed by atoms with Crippen molar-refractivity contribution in [1.29, 1.82) is 0 Å². The van der Waals surface area contributed by atoms with Gasteiger partial charge in [-0.25, -0.2) is 4.79 Å². The van der Waals surface area contributed by atoms with Gasteiger partial charge in [0, 0.05) is 16.8 Å². The van der Waals surface area contributed by atoms with Crippen LogP contribution in [0, 0.1) is 0 Å². The standard InChI is InChI=1S/C18H15ClN2O3S/c1-24-17(23)13-6-9-14(10-7-13)20-18(25)21-16(22)11-8-12-4-2-3-5-15(12)19/h2-11H,1H3,(H2,20,21,22,25)/b11-8+. The summed E-state index contributed by atoms with van der Waals surface area (Å²) in [7, 11) is 1.31. The highest BCUT2D eigenvalue weighted by molar-refractivity contribution is 7.80. The van der Waals surface area contributed by atoms with Crippen LogP contribution in [0.25, 0.3) is 6.08 Å². The molecule has 0 aliphatic carbocycles. The van der Waals surface area contributed by atoms with Crippen molar-refractivity contribution >= 4 is 52.6 Å². The number of methoxy groups -OCH3 is 1. The van der Waals surface area contributed by atoms with Crippen molar-refractivity contribution in [2.75, 3.05) is 12.4 Å². The van der Waals surface area contributed by atoms with Gasteiger partial charge in [0.25, 0.3) is 0 Å². The zero-order valence-corrected chi connectivity index (χ0v) is 14.9. The quantitative estimate of drug-likeness (QED) is 0.485. The minimum absolute atomic E-state index is 0.139. The molecule has 25 heavy (non-hydrogen) atoms. The van der Waals surface area contributed by atoms with E-state index in [1.54, 1.807) is 42.5 Å². The number of anilines is 1. The second kappa shape index (κ2) is 8.96. The maximum atomic E-state index is 11.9. The van der Waals surface area contributed by atoms with Gasteiger partial charge >= 0.3 is 5.97 Å². The van der Waals surface area contributed by atoms with E-state index in [0.29, 0.717) is 16.3 Å². The molecule has 7 heteroatoms. The Labute approximate surface area is 155 Å². The van der Waals surface area contributed by atoms with Crippen LogP contribution in [-0.4, -0.2) is 24.1 Å². The lowest BCUT2D eigenvalue weighted by molar-refractivity contribution is -0.115. The zero-order chi connectivity index (χ0) is 18.2. The molecule has 0 heterocycles. The molecule has 0 atom stereocenters. The molecule has 0 aromatic heterocycles. The summed E-state index contributed by atoms with van der Waals surface area (Å²) < 4.78 is 4.62. The lowest BCUT2D eigenvalue weighted by atomic mass is 10.2. The van der Waals surface area contributed by atoms with Gasteiger partial charge in [-0.1, -0.05) is 29.8 Å². The third-order valence-corrected chi connectivity index (χ3v) is 3.67. The SMILES string of the molecule is COC(=O)c1ccc(NC(=S)NC(=O)/C=C/c2ccccc2Cl)cc1. The molecule has 0 bridgehead atoms. The molecule has 0 spiro atoms. The lowest BCUT2D eigenvalue weighted by Crippen LogP contribution is -2.32. The number of carbonyl (C=O) groups is 2. The minimum Gasteiger partial charge on any atom is -0.465 e. The fraction of sp³-hybridized carbons (Fsp3) is 0.0556. The van der Waals surface area contributed by atoms with Crippen molar-refractivity contribution in [2.24, 2.45) is 0 Å². The predicted molar refractivity (Wildman–Crippen MR) is 103 cm³/mol. The molecular weight excluding hydrogens is 360 g/mol. The summed E-state index contributed by atoms with van der Waals surface area (Å²) in [5.41, 5.74) is 1.79. The summed E-state index contributed by atoms with van der Waals surface area (Å²) in [6.45, 7) is 0. The van der Waals surface area contributed by atoms with Gasteiger partial charge in [0.15, 0.2) is 5.11 Å². The number of hydrogen-bond acceptors (Lipinski definition) is 4. The van der Waals surface area contributed by atoms with Crippen LogP contribution >= 0.6 is 23.8 Å². The van der Waals surface area contributed by atoms with E-state index in [0.717, 1.165) is 5.56 Å². The topological polar surface area (TPSA) is 67.4 Å². The highest BCUT2D eigenvalue weighted by atomic mass is 35.5. The van der Waals surface area contributed by atoms with E-state index in [4.69, 9.17) is 23.8 Å². The number of esters is 1. The highest BCUT2D eigenvalue weighted by Gasteiger charge is 2.06. The number of rotatable bonds is 4. The third kappa shape index (κ3) is 5.70. The first-order valence-corrected chi connectivity index (χ1v) is 8.01. The first kappa shape index (κ1) is 18.6. The Hall–Kier alpha value is -2.70. The summed E-state index contributed by atoms with van der Waals surface area (Å²) >= 11 is 11.1. The molecule has 2 rings (SSSR count). The van der Waals surface area contributed by atoms with Crippen molar-refractivity contribution in [3.8, 4) is 0 Å². The molecule has 0 saturated carbocycles. The van der Waals surface area contributed by atoms with Crippen LogP contribution in [0.4, 0.5) is 5.69 Å². The van der Waals surface area contributed by atoms with Crippen molar-refractivity contribution in [3.05, 3.63) is 70.8 Å². The molecule has 2 aromatic carbocycles. The maximum Gasteiger partial charge on any atom is 0.337 e. The monoisotopic (exact) mass is 374 g/mol. The summed E-state index contributed by atoms with van der Waals surface area (Å²) in [6, 6.07) is 13.7. The van der Waals surface area contributed by atoms with Gasteiger partial charge in [-0.2, -0.15) is 0 Å². The number of carbonyl (C=O) groups excluding carboxylic acids is 2. The van der Waals surface area contributed by atoms with E-state index in [1.165, 1.54) is 13.2 Å². The van der Waals surface area contributed by atoms with Crippen LogP contribution in [0.2, 0.25) is 5.02 Å². The number of benzene rings is 2. The number of ether oxygens (including phenoxy) is 1. The Morgan fingerprint density at radius 1 is 1.12 bits per heavy atom. The number of thiocarbonyl (C=S) groups is 1.